The van der Waals surface area contributed by atoms with Crippen LogP contribution in [-0.4, -0.2) is 18.6 Å². The molecule has 1 aromatic carbocycles. The van der Waals surface area contributed by atoms with Crippen LogP contribution in [0.25, 0.3) is 0 Å². The van der Waals surface area contributed by atoms with E-state index in [-0.39, 0.29) is 12.5 Å². The predicted octanol–water partition coefficient (Wildman–Crippen LogP) is 1.73. The fourth-order valence-corrected chi connectivity index (χ4v) is 1.52. The van der Waals surface area contributed by atoms with Gasteiger partial charge in [0.05, 0.1) is 5.69 Å². The van der Waals surface area contributed by atoms with Crippen molar-refractivity contribution in [1.82, 2.24) is 0 Å². The van der Waals surface area contributed by atoms with Gasteiger partial charge in [-0.2, -0.15) is 0 Å². The standard InChI is InChI=1S/C11H11NO3/c1-2-8-4-3-5-9(6-8)12-10(13)7-15-11(12)14/h3-6H,2,7H2,1H3. The highest BCUT2D eigenvalue weighted by atomic mass is 16.6. The molecule has 1 aromatic rings. The third-order valence-electron chi connectivity index (χ3n) is 2.33. The van der Waals surface area contributed by atoms with Gasteiger partial charge in [-0.15, -0.1) is 0 Å². The zero-order chi connectivity index (χ0) is 10.8. The fraction of sp³-hybridized carbons (Fsp3) is 0.273. The van der Waals surface area contributed by atoms with E-state index in [1.165, 1.54) is 0 Å². The molecule has 15 heavy (non-hydrogen) atoms. The molecular weight excluding hydrogens is 194 g/mol. The number of ether oxygens (including phenoxy) is 1. The van der Waals surface area contributed by atoms with Crippen LogP contribution in [0.1, 0.15) is 12.5 Å². The quantitative estimate of drug-likeness (QED) is 0.738. The summed E-state index contributed by atoms with van der Waals surface area (Å²) in [6.07, 6.45) is 0.276. The molecule has 1 saturated heterocycles. The van der Waals surface area contributed by atoms with E-state index in [9.17, 15) is 9.59 Å². The number of hydrogen-bond donors (Lipinski definition) is 0. The number of imide groups is 1. The monoisotopic (exact) mass is 205 g/mol. The largest absolute Gasteiger partial charge is 0.439 e. The van der Waals surface area contributed by atoms with Crippen molar-refractivity contribution in [3.05, 3.63) is 29.8 Å². The average molecular weight is 205 g/mol. The maximum atomic E-state index is 11.4. The Morgan fingerprint density at radius 2 is 2.20 bits per heavy atom. The lowest BCUT2D eigenvalue weighted by Gasteiger charge is -2.11. The number of aryl methyl sites for hydroxylation is 1. The number of rotatable bonds is 2. The summed E-state index contributed by atoms with van der Waals surface area (Å²) in [6.45, 7) is 1.86. The van der Waals surface area contributed by atoms with Crippen molar-refractivity contribution in [3.8, 4) is 0 Å². The first-order chi connectivity index (χ1) is 7.22. The molecule has 1 aliphatic heterocycles. The minimum Gasteiger partial charge on any atom is -0.439 e. The Balaban J connectivity index is 2.36. The Labute approximate surface area is 87.4 Å². The van der Waals surface area contributed by atoms with Crippen LogP contribution in [0.2, 0.25) is 0 Å². The summed E-state index contributed by atoms with van der Waals surface area (Å²) in [5.74, 6) is -0.312. The maximum absolute atomic E-state index is 11.4. The number of hydrogen-bond acceptors (Lipinski definition) is 3. The molecular formula is C11H11NO3. The van der Waals surface area contributed by atoms with E-state index >= 15 is 0 Å². The summed E-state index contributed by atoms with van der Waals surface area (Å²) in [7, 11) is 0. The molecule has 0 aliphatic carbocycles. The number of anilines is 1. The molecule has 1 aliphatic rings. The highest BCUT2D eigenvalue weighted by Crippen LogP contribution is 2.20. The fourth-order valence-electron chi connectivity index (χ4n) is 1.52. The van der Waals surface area contributed by atoms with Gasteiger partial charge >= 0.3 is 6.09 Å². The lowest BCUT2D eigenvalue weighted by atomic mass is 10.1. The van der Waals surface area contributed by atoms with Crippen molar-refractivity contribution in [2.45, 2.75) is 13.3 Å². The van der Waals surface area contributed by atoms with E-state index in [0.717, 1.165) is 16.9 Å². The lowest BCUT2D eigenvalue weighted by molar-refractivity contribution is -0.117. The van der Waals surface area contributed by atoms with E-state index in [0.29, 0.717) is 5.69 Å². The van der Waals surface area contributed by atoms with Crippen molar-refractivity contribution in [3.63, 3.8) is 0 Å². The Morgan fingerprint density at radius 3 is 2.80 bits per heavy atom. The molecule has 0 N–H and O–H groups in total. The van der Waals surface area contributed by atoms with Crippen molar-refractivity contribution in [2.75, 3.05) is 11.5 Å². The number of nitrogens with zero attached hydrogens (tertiary/aromatic N) is 1. The third-order valence-corrected chi connectivity index (χ3v) is 2.33. The van der Waals surface area contributed by atoms with Crippen LogP contribution < -0.4 is 4.90 Å². The summed E-state index contributed by atoms with van der Waals surface area (Å²) in [5.41, 5.74) is 1.67. The first-order valence-corrected chi connectivity index (χ1v) is 4.81. The molecule has 2 amide bonds. The predicted molar refractivity (Wildman–Crippen MR) is 54.7 cm³/mol. The smallest absolute Gasteiger partial charge is 0.421 e. The minimum atomic E-state index is -0.590. The van der Waals surface area contributed by atoms with E-state index in [1.54, 1.807) is 6.07 Å². The molecule has 0 spiro atoms. The van der Waals surface area contributed by atoms with Gasteiger partial charge in [0.25, 0.3) is 5.91 Å². The van der Waals surface area contributed by atoms with Gasteiger partial charge in [-0.3, -0.25) is 4.79 Å². The Kier molecular flexibility index (Phi) is 2.41. The normalized spacial score (nSPS) is 15.7. The van der Waals surface area contributed by atoms with Gasteiger partial charge in [0.15, 0.2) is 6.61 Å². The first kappa shape index (κ1) is 9.71. The highest BCUT2D eigenvalue weighted by molar-refractivity contribution is 6.16. The molecule has 0 unspecified atom stereocenters. The van der Waals surface area contributed by atoms with E-state index in [1.807, 2.05) is 25.1 Å². The van der Waals surface area contributed by atoms with E-state index < -0.39 is 6.09 Å². The average Bonchev–Trinajstić information content (AvgIpc) is 2.59. The van der Waals surface area contributed by atoms with Gasteiger partial charge in [-0.05, 0) is 24.1 Å². The van der Waals surface area contributed by atoms with Gasteiger partial charge in [0, 0.05) is 0 Å². The molecule has 2 rings (SSSR count). The number of amides is 2. The third kappa shape index (κ3) is 1.70. The van der Waals surface area contributed by atoms with Crippen LogP contribution >= 0.6 is 0 Å². The van der Waals surface area contributed by atoms with Crippen LogP contribution in [-0.2, 0) is 16.0 Å². The number of cyclic esters (lactones) is 1. The van der Waals surface area contributed by atoms with Crippen LogP contribution in [0, 0.1) is 0 Å². The molecule has 0 bridgehead atoms. The molecule has 0 aromatic heterocycles. The van der Waals surface area contributed by atoms with E-state index in [2.05, 4.69) is 4.74 Å². The van der Waals surface area contributed by atoms with Gasteiger partial charge in [-0.25, -0.2) is 9.69 Å². The van der Waals surface area contributed by atoms with Gasteiger partial charge in [-0.1, -0.05) is 19.1 Å². The molecule has 4 nitrogen and oxygen atoms in total. The zero-order valence-corrected chi connectivity index (χ0v) is 8.40. The Hall–Kier alpha value is -1.84. The van der Waals surface area contributed by atoms with Crippen molar-refractivity contribution < 1.29 is 14.3 Å². The van der Waals surface area contributed by atoms with Crippen LogP contribution in [0.4, 0.5) is 10.5 Å². The van der Waals surface area contributed by atoms with Crippen LogP contribution in [0.3, 0.4) is 0 Å². The number of carbonyl (C=O) groups is 2. The first-order valence-electron chi connectivity index (χ1n) is 4.81. The van der Waals surface area contributed by atoms with Crippen LogP contribution in [0.5, 0.6) is 0 Å². The molecule has 0 atom stereocenters. The topological polar surface area (TPSA) is 46.6 Å². The summed E-state index contributed by atoms with van der Waals surface area (Å²) < 4.78 is 4.64. The Morgan fingerprint density at radius 1 is 1.40 bits per heavy atom. The lowest BCUT2D eigenvalue weighted by Crippen LogP contribution is -2.28. The summed E-state index contributed by atoms with van der Waals surface area (Å²) in [4.78, 5) is 23.7. The summed E-state index contributed by atoms with van der Waals surface area (Å²) in [5, 5.41) is 0. The van der Waals surface area contributed by atoms with Crippen LogP contribution in [0.15, 0.2) is 24.3 Å². The number of carbonyl (C=O) groups excluding carboxylic acids is 2. The summed E-state index contributed by atoms with van der Waals surface area (Å²) in [6, 6.07) is 7.33. The van der Waals surface area contributed by atoms with Gasteiger partial charge < -0.3 is 4.74 Å². The van der Waals surface area contributed by atoms with Gasteiger partial charge in [0.1, 0.15) is 0 Å². The second-order valence-corrected chi connectivity index (χ2v) is 3.31. The molecule has 4 heteroatoms. The van der Waals surface area contributed by atoms with Gasteiger partial charge in [0.2, 0.25) is 0 Å². The SMILES string of the molecule is CCc1cccc(N2C(=O)COC2=O)c1. The summed E-state index contributed by atoms with van der Waals surface area (Å²) >= 11 is 0. The number of benzene rings is 1. The molecule has 1 fully saturated rings. The van der Waals surface area contributed by atoms with Crippen molar-refractivity contribution >= 4 is 17.7 Å². The second-order valence-electron chi connectivity index (χ2n) is 3.31. The highest BCUT2D eigenvalue weighted by Gasteiger charge is 2.32. The van der Waals surface area contributed by atoms with E-state index in [4.69, 9.17) is 0 Å². The Bertz CT molecular complexity index is 398. The molecule has 0 saturated carbocycles. The second kappa shape index (κ2) is 3.73. The zero-order valence-electron chi connectivity index (χ0n) is 8.40. The minimum absolute atomic E-state index is 0.158. The van der Waals surface area contributed by atoms with Crippen molar-refractivity contribution in [1.29, 1.82) is 0 Å². The van der Waals surface area contributed by atoms with Crippen molar-refractivity contribution in [2.24, 2.45) is 0 Å². The maximum Gasteiger partial charge on any atom is 0.421 e. The molecule has 78 valence electrons. The molecule has 0 radical (unpaired) electrons. The molecule has 1 heterocycles.